The number of fused-ring (bicyclic) bond motifs is 1. The van der Waals surface area contributed by atoms with Crippen LogP contribution in [0.2, 0.25) is 5.02 Å². The van der Waals surface area contributed by atoms with Gasteiger partial charge in [-0.25, -0.2) is 0 Å². The van der Waals surface area contributed by atoms with Crippen LogP contribution in [-0.2, 0) is 5.41 Å². The van der Waals surface area contributed by atoms with Crippen molar-refractivity contribution in [2.75, 3.05) is 0 Å². The molecule has 2 aromatic heterocycles. The summed E-state index contributed by atoms with van der Waals surface area (Å²) in [6, 6.07) is 6.36. The Kier molecular flexibility index (Phi) is 3.02. The van der Waals surface area contributed by atoms with Gasteiger partial charge in [-0.1, -0.05) is 30.2 Å². The lowest BCUT2D eigenvalue weighted by atomic mass is 9.63. The maximum Gasteiger partial charge on any atom is 0.182 e. The summed E-state index contributed by atoms with van der Waals surface area (Å²) in [5.41, 5.74) is 4.27. The number of halogens is 1. The van der Waals surface area contributed by atoms with Crippen molar-refractivity contribution in [2.24, 2.45) is 0 Å². The fourth-order valence-electron chi connectivity index (χ4n) is 3.97. The molecule has 1 aromatic carbocycles. The van der Waals surface area contributed by atoms with Crippen LogP contribution in [0.4, 0.5) is 0 Å². The molecule has 3 aromatic rings. The number of nitrogens with zero attached hydrogens (tertiary/aromatic N) is 4. The molecule has 2 fully saturated rings. The summed E-state index contributed by atoms with van der Waals surface area (Å²) >= 11 is 6.62. The molecule has 2 aliphatic carbocycles. The third-order valence-corrected chi connectivity index (χ3v) is 5.91. The molecule has 5 heteroatoms. The van der Waals surface area contributed by atoms with Gasteiger partial charge in [-0.2, -0.15) is 0 Å². The van der Waals surface area contributed by atoms with E-state index in [1.165, 1.54) is 30.4 Å². The van der Waals surface area contributed by atoms with Gasteiger partial charge in [-0.3, -0.25) is 9.38 Å². The largest absolute Gasteiger partial charge is 0.283 e. The van der Waals surface area contributed by atoms with E-state index in [-0.39, 0.29) is 5.41 Å². The highest BCUT2D eigenvalue weighted by atomic mass is 35.5. The van der Waals surface area contributed by atoms with Gasteiger partial charge in [0.25, 0.3) is 0 Å². The summed E-state index contributed by atoms with van der Waals surface area (Å²) in [4.78, 5) is 4.56. The van der Waals surface area contributed by atoms with Crippen LogP contribution >= 0.6 is 11.6 Å². The second-order valence-corrected chi connectivity index (χ2v) is 7.63. The molecule has 2 saturated carbocycles. The van der Waals surface area contributed by atoms with E-state index in [9.17, 15) is 0 Å². The van der Waals surface area contributed by atoms with Crippen molar-refractivity contribution >= 4 is 17.2 Å². The number of aryl methyl sites for hydroxylation is 1. The smallest absolute Gasteiger partial charge is 0.182 e. The minimum atomic E-state index is -0.119. The Morgan fingerprint density at radius 2 is 2.04 bits per heavy atom. The zero-order valence-electron chi connectivity index (χ0n) is 13.7. The monoisotopic (exact) mass is 338 g/mol. The average molecular weight is 339 g/mol. The van der Waals surface area contributed by atoms with Gasteiger partial charge < -0.3 is 0 Å². The van der Waals surface area contributed by atoms with E-state index in [0.29, 0.717) is 5.92 Å². The van der Waals surface area contributed by atoms with Gasteiger partial charge in [0.2, 0.25) is 0 Å². The molecule has 0 atom stereocenters. The number of aromatic nitrogens is 4. The number of hydrogen-bond donors (Lipinski definition) is 0. The second kappa shape index (κ2) is 5.03. The second-order valence-electron chi connectivity index (χ2n) is 7.22. The van der Waals surface area contributed by atoms with E-state index >= 15 is 0 Å². The lowest BCUT2D eigenvalue weighted by molar-refractivity contribution is 0.283. The maximum absolute atomic E-state index is 6.62. The molecular formula is C19H19ClN4. The van der Waals surface area contributed by atoms with Gasteiger partial charge >= 0.3 is 0 Å². The van der Waals surface area contributed by atoms with Crippen LogP contribution in [0.5, 0.6) is 0 Å². The van der Waals surface area contributed by atoms with Crippen molar-refractivity contribution in [3.63, 3.8) is 0 Å². The van der Waals surface area contributed by atoms with Crippen molar-refractivity contribution in [1.82, 2.24) is 19.6 Å². The molecule has 2 heterocycles. The number of hydrogen-bond acceptors (Lipinski definition) is 3. The van der Waals surface area contributed by atoms with Crippen LogP contribution < -0.4 is 0 Å². The third-order valence-electron chi connectivity index (χ3n) is 5.59. The quantitative estimate of drug-likeness (QED) is 0.709. The Morgan fingerprint density at radius 3 is 2.71 bits per heavy atom. The first-order valence-electron chi connectivity index (χ1n) is 8.66. The Balaban J connectivity index is 1.71. The summed E-state index contributed by atoms with van der Waals surface area (Å²) < 4.78 is 2.15. The third kappa shape index (κ3) is 1.95. The molecule has 122 valence electrons. The molecule has 0 amide bonds. The number of benzene rings is 1. The molecule has 0 spiro atoms. The van der Waals surface area contributed by atoms with Gasteiger partial charge in [0, 0.05) is 23.3 Å². The fraction of sp³-hybridized carbons (Fsp3) is 0.421. The van der Waals surface area contributed by atoms with E-state index in [0.717, 1.165) is 35.0 Å². The highest BCUT2D eigenvalue weighted by Gasteiger charge is 2.45. The van der Waals surface area contributed by atoms with E-state index in [1.54, 1.807) is 0 Å². The van der Waals surface area contributed by atoms with Gasteiger partial charge in [0.05, 0.1) is 11.1 Å². The van der Waals surface area contributed by atoms with Crippen LogP contribution in [0.25, 0.3) is 5.65 Å². The topological polar surface area (TPSA) is 43.1 Å². The zero-order chi connectivity index (χ0) is 16.3. The molecule has 0 aliphatic heterocycles. The molecule has 24 heavy (non-hydrogen) atoms. The van der Waals surface area contributed by atoms with Gasteiger partial charge in [0.1, 0.15) is 5.82 Å². The first-order chi connectivity index (χ1) is 11.7. The Morgan fingerprint density at radius 1 is 1.21 bits per heavy atom. The van der Waals surface area contributed by atoms with Crippen molar-refractivity contribution in [3.8, 4) is 0 Å². The summed E-state index contributed by atoms with van der Waals surface area (Å²) in [5.74, 6) is 1.57. The van der Waals surface area contributed by atoms with Crippen LogP contribution in [0.1, 0.15) is 60.7 Å². The highest BCUT2D eigenvalue weighted by molar-refractivity contribution is 6.31. The van der Waals surface area contributed by atoms with E-state index in [4.69, 9.17) is 11.6 Å². The van der Waals surface area contributed by atoms with E-state index in [1.807, 2.05) is 12.4 Å². The first-order valence-corrected chi connectivity index (χ1v) is 9.04. The fourth-order valence-corrected chi connectivity index (χ4v) is 4.38. The molecule has 0 saturated heterocycles. The first kappa shape index (κ1) is 14.4. The van der Waals surface area contributed by atoms with Crippen LogP contribution in [0.15, 0.2) is 30.6 Å². The predicted molar refractivity (Wildman–Crippen MR) is 93.6 cm³/mol. The van der Waals surface area contributed by atoms with Crippen molar-refractivity contribution in [2.45, 2.75) is 50.4 Å². The van der Waals surface area contributed by atoms with Crippen LogP contribution in [0, 0.1) is 6.92 Å². The lowest BCUT2D eigenvalue weighted by Crippen LogP contribution is -2.37. The molecule has 5 rings (SSSR count). The van der Waals surface area contributed by atoms with Gasteiger partial charge in [-0.15, -0.1) is 10.2 Å². The molecule has 4 nitrogen and oxygen atoms in total. The SMILES string of the molecule is Cc1ccc(C2(c3nnc4c(C5CC5)nccn34)CCC2)c(Cl)c1. The Labute approximate surface area is 145 Å². The molecule has 0 radical (unpaired) electrons. The van der Waals surface area contributed by atoms with Gasteiger partial charge in [0.15, 0.2) is 5.65 Å². The average Bonchev–Trinajstić information content (AvgIpc) is 3.28. The normalized spacial score (nSPS) is 19.4. The Hall–Kier alpha value is -1.94. The van der Waals surface area contributed by atoms with Crippen LogP contribution in [0.3, 0.4) is 0 Å². The standard InChI is InChI=1S/C19H19ClN4/c1-12-3-6-14(15(20)11-12)19(7-2-8-19)18-23-22-17-16(13-4-5-13)21-9-10-24(17)18/h3,6,9-11,13H,2,4-5,7-8H2,1H3. The molecule has 0 N–H and O–H groups in total. The highest BCUT2D eigenvalue weighted by Crippen LogP contribution is 2.51. The van der Waals surface area contributed by atoms with Crippen molar-refractivity contribution in [1.29, 1.82) is 0 Å². The summed E-state index contributed by atoms with van der Waals surface area (Å²) in [6.07, 6.45) is 9.64. The predicted octanol–water partition coefficient (Wildman–Crippen LogP) is 4.43. The molecule has 0 unspecified atom stereocenters. The summed E-state index contributed by atoms with van der Waals surface area (Å²) in [5, 5.41) is 9.96. The molecular weight excluding hydrogens is 320 g/mol. The van der Waals surface area contributed by atoms with E-state index < -0.39 is 0 Å². The Bertz CT molecular complexity index is 938. The van der Waals surface area contributed by atoms with Crippen molar-refractivity contribution < 1.29 is 0 Å². The minimum Gasteiger partial charge on any atom is -0.283 e. The zero-order valence-corrected chi connectivity index (χ0v) is 14.4. The van der Waals surface area contributed by atoms with Crippen molar-refractivity contribution in [3.05, 3.63) is 58.3 Å². The summed E-state index contributed by atoms with van der Waals surface area (Å²) in [6.45, 7) is 2.07. The van der Waals surface area contributed by atoms with Crippen LogP contribution in [-0.4, -0.2) is 19.6 Å². The number of rotatable bonds is 3. The lowest BCUT2D eigenvalue weighted by Gasteiger charge is -2.41. The van der Waals surface area contributed by atoms with Gasteiger partial charge in [-0.05, 0) is 49.8 Å². The molecule has 0 bridgehead atoms. The maximum atomic E-state index is 6.62. The molecule has 2 aliphatic rings. The minimum absolute atomic E-state index is 0.119. The van der Waals surface area contributed by atoms with E-state index in [2.05, 4.69) is 44.7 Å². The summed E-state index contributed by atoms with van der Waals surface area (Å²) in [7, 11) is 0.